The molecule has 0 heterocycles. The van der Waals surface area contributed by atoms with Gasteiger partial charge in [-0.05, 0) is 11.6 Å². The predicted octanol–water partition coefficient (Wildman–Crippen LogP) is 2.29. The molecule has 1 aromatic rings. The number of carbonyl (C=O) groups excluding carboxylic acids is 1. The summed E-state index contributed by atoms with van der Waals surface area (Å²) in [7, 11) is 0. The van der Waals surface area contributed by atoms with Gasteiger partial charge < -0.3 is 5.73 Å². The highest BCUT2D eigenvalue weighted by atomic mass is 19.4. The Labute approximate surface area is 101 Å². The van der Waals surface area contributed by atoms with Crippen LogP contribution in [0.25, 0.3) is 6.08 Å². The lowest BCUT2D eigenvalue weighted by Gasteiger charge is -2.05. The van der Waals surface area contributed by atoms with E-state index >= 15 is 0 Å². The third-order valence-electron chi connectivity index (χ3n) is 1.81. The maximum atomic E-state index is 12.5. The van der Waals surface area contributed by atoms with Gasteiger partial charge in [0.2, 0.25) is 0 Å². The van der Waals surface area contributed by atoms with Crippen LogP contribution in [0.2, 0.25) is 0 Å². The summed E-state index contributed by atoms with van der Waals surface area (Å²) in [6.45, 7) is 0. The van der Waals surface area contributed by atoms with E-state index in [1.165, 1.54) is 6.08 Å². The van der Waals surface area contributed by atoms with Crippen LogP contribution in [0.1, 0.15) is 5.56 Å². The van der Waals surface area contributed by atoms with Crippen molar-refractivity contribution in [1.82, 2.24) is 5.43 Å². The Bertz CT molecular complexity index is 466. The molecule has 1 rings (SSSR count). The van der Waals surface area contributed by atoms with Crippen LogP contribution in [-0.2, 0) is 0 Å². The average Bonchev–Trinajstić information content (AvgIpc) is 2.28. The number of hydrazone groups is 1. The third kappa shape index (κ3) is 4.69. The Morgan fingerprint density at radius 3 is 2.39 bits per heavy atom. The van der Waals surface area contributed by atoms with Gasteiger partial charge in [0, 0.05) is 0 Å². The van der Waals surface area contributed by atoms with E-state index in [1.807, 2.05) is 0 Å². The monoisotopic (exact) mass is 257 g/mol. The highest BCUT2D eigenvalue weighted by molar-refractivity contribution is 6.02. The highest BCUT2D eigenvalue weighted by Crippen LogP contribution is 2.18. The van der Waals surface area contributed by atoms with Crippen molar-refractivity contribution >= 4 is 17.8 Å². The SMILES string of the molecule is NC(=O)NN=C(C=Cc1ccccc1)C(F)(F)F. The number of halogens is 3. The van der Waals surface area contributed by atoms with Crippen LogP contribution >= 0.6 is 0 Å². The second kappa shape index (κ2) is 5.85. The number of alkyl halides is 3. The smallest absolute Gasteiger partial charge is 0.350 e. The molecule has 2 amide bonds. The number of nitrogens with two attached hydrogens (primary N) is 1. The number of nitrogens with one attached hydrogen (secondary N) is 1. The summed E-state index contributed by atoms with van der Waals surface area (Å²) in [5.74, 6) is 0. The number of amides is 2. The van der Waals surface area contributed by atoms with Gasteiger partial charge in [-0.25, -0.2) is 10.2 Å². The maximum Gasteiger partial charge on any atom is 0.435 e. The standard InChI is InChI=1S/C11H10F3N3O/c12-11(13,14)9(16-17-10(15)18)7-6-8-4-2-1-3-5-8/h1-7H,(H3,15,17,18). The molecule has 0 atom stereocenters. The molecule has 0 unspecified atom stereocenters. The fourth-order valence-corrected chi connectivity index (χ4v) is 1.05. The van der Waals surface area contributed by atoms with Gasteiger partial charge in [-0.1, -0.05) is 36.4 Å². The van der Waals surface area contributed by atoms with Gasteiger partial charge in [0.1, 0.15) is 0 Å². The van der Waals surface area contributed by atoms with Crippen LogP contribution < -0.4 is 11.2 Å². The van der Waals surface area contributed by atoms with E-state index in [4.69, 9.17) is 0 Å². The van der Waals surface area contributed by atoms with Crippen molar-refractivity contribution < 1.29 is 18.0 Å². The molecule has 0 aliphatic heterocycles. The Balaban J connectivity index is 2.89. The first-order valence-electron chi connectivity index (χ1n) is 4.83. The summed E-state index contributed by atoms with van der Waals surface area (Å²) in [6.07, 6.45) is -2.69. The minimum Gasteiger partial charge on any atom is -0.350 e. The topological polar surface area (TPSA) is 67.5 Å². The predicted molar refractivity (Wildman–Crippen MR) is 61.7 cm³/mol. The number of benzene rings is 1. The van der Waals surface area contributed by atoms with Crippen molar-refractivity contribution in [2.24, 2.45) is 10.8 Å². The first kappa shape index (κ1) is 13.8. The number of hydrogen-bond acceptors (Lipinski definition) is 2. The second-order valence-electron chi connectivity index (χ2n) is 3.21. The molecular formula is C11H10F3N3O. The molecule has 3 N–H and O–H groups in total. The molecule has 96 valence electrons. The summed E-state index contributed by atoms with van der Waals surface area (Å²) in [6, 6.07) is 7.21. The molecule has 1 aromatic carbocycles. The molecule has 0 aromatic heterocycles. The van der Waals surface area contributed by atoms with Gasteiger partial charge >= 0.3 is 12.2 Å². The van der Waals surface area contributed by atoms with Crippen molar-refractivity contribution in [3.8, 4) is 0 Å². The number of hydrogen-bond donors (Lipinski definition) is 2. The molecule has 0 bridgehead atoms. The van der Waals surface area contributed by atoms with Gasteiger partial charge in [-0.15, -0.1) is 0 Å². The normalized spacial score (nSPS) is 12.7. The number of urea groups is 1. The molecule has 4 nitrogen and oxygen atoms in total. The van der Waals surface area contributed by atoms with Crippen LogP contribution in [0, 0.1) is 0 Å². The summed E-state index contributed by atoms with van der Waals surface area (Å²) in [5.41, 5.74) is 5.52. The van der Waals surface area contributed by atoms with Crippen LogP contribution in [0.15, 0.2) is 41.5 Å². The molecular weight excluding hydrogens is 247 g/mol. The molecule has 0 saturated carbocycles. The largest absolute Gasteiger partial charge is 0.435 e. The Kier molecular flexibility index (Phi) is 4.47. The summed E-state index contributed by atoms with van der Waals surface area (Å²) < 4.78 is 37.5. The lowest BCUT2D eigenvalue weighted by Crippen LogP contribution is -2.29. The molecule has 0 radical (unpaired) electrons. The highest BCUT2D eigenvalue weighted by Gasteiger charge is 2.34. The summed E-state index contributed by atoms with van der Waals surface area (Å²) in [4.78, 5) is 10.3. The number of carbonyl (C=O) groups is 1. The van der Waals surface area contributed by atoms with E-state index in [0.29, 0.717) is 5.56 Å². The van der Waals surface area contributed by atoms with Crippen LogP contribution in [0.5, 0.6) is 0 Å². The zero-order valence-electron chi connectivity index (χ0n) is 9.11. The van der Waals surface area contributed by atoms with Gasteiger partial charge in [0.05, 0.1) is 0 Å². The van der Waals surface area contributed by atoms with Crippen LogP contribution in [-0.4, -0.2) is 17.9 Å². The lowest BCUT2D eigenvalue weighted by molar-refractivity contribution is -0.0579. The van der Waals surface area contributed by atoms with Crippen molar-refractivity contribution in [3.05, 3.63) is 42.0 Å². The van der Waals surface area contributed by atoms with Crippen molar-refractivity contribution in [1.29, 1.82) is 0 Å². The molecule has 0 aliphatic rings. The third-order valence-corrected chi connectivity index (χ3v) is 1.81. The first-order chi connectivity index (χ1) is 8.39. The van der Waals surface area contributed by atoms with Gasteiger partial charge in [0.25, 0.3) is 0 Å². The van der Waals surface area contributed by atoms with E-state index in [9.17, 15) is 18.0 Å². The fourth-order valence-electron chi connectivity index (χ4n) is 1.05. The molecule has 18 heavy (non-hydrogen) atoms. The second-order valence-corrected chi connectivity index (χ2v) is 3.21. The van der Waals surface area contributed by atoms with Gasteiger partial charge in [0.15, 0.2) is 5.71 Å². The lowest BCUT2D eigenvalue weighted by atomic mass is 10.2. The fraction of sp³-hybridized carbons (Fsp3) is 0.0909. The summed E-state index contributed by atoms with van der Waals surface area (Å²) >= 11 is 0. The molecule has 0 spiro atoms. The zero-order valence-corrected chi connectivity index (χ0v) is 9.11. The number of primary amides is 1. The minimum atomic E-state index is -4.67. The zero-order chi connectivity index (χ0) is 13.6. The summed E-state index contributed by atoms with van der Waals surface area (Å²) in [5, 5.41) is 2.89. The van der Waals surface area contributed by atoms with Gasteiger partial charge in [-0.3, -0.25) is 0 Å². The number of nitrogens with zero attached hydrogens (tertiary/aromatic N) is 1. The number of allylic oxidation sites excluding steroid dienone is 1. The van der Waals surface area contributed by atoms with Gasteiger partial charge in [-0.2, -0.15) is 18.3 Å². The van der Waals surface area contributed by atoms with Crippen LogP contribution in [0.4, 0.5) is 18.0 Å². The molecule has 0 aliphatic carbocycles. The van der Waals surface area contributed by atoms with E-state index in [-0.39, 0.29) is 0 Å². The van der Waals surface area contributed by atoms with E-state index < -0.39 is 17.9 Å². The van der Waals surface area contributed by atoms with E-state index in [0.717, 1.165) is 6.08 Å². The van der Waals surface area contributed by atoms with Crippen LogP contribution in [0.3, 0.4) is 0 Å². The molecule has 0 saturated heterocycles. The first-order valence-corrected chi connectivity index (χ1v) is 4.83. The Morgan fingerprint density at radius 2 is 1.89 bits per heavy atom. The molecule has 0 fully saturated rings. The van der Waals surface area contributed by atoms with Crippen molar-refractivity contribution in [2.75, 3.05) is 0 Å². The molecule has 7 heteroatoms. The minimum absolute atomic E-state index is 0.577. The van der Waals surface area contributed by atoms with E-state index in [2.05, 4.69) is 10.8 Å². The average molecular weight is 257 g/mol. The maximum absolute atomic E-state index is 12.5. The van der Waals surface area contributed by atoms with Crippen molar-refractivity contribution in [2.45, 2.75) is 6.18 Å². The van der Waals surface area contributed by atoms with E-state index in [1.54, 1.807) is 35.8 Å². The Morgan fingerprint density at radius 1 is 1.28 bits per heavy atom. The van der Waals surface area contributed by atoms with Crippen molar-refractivity contribution in [3.63, 3.8) is 0 Å². The Hall–Kier alpha value is -2.31. The quantitative estimate of drug-likeness (QED) is 0.633. The number of rotatable bonds is 3.